The predicted octanol–water partition coefficient (Wildman–Crippen LogP) is 4.25. The highest BCUT2D eigenvalue weighted by atomic mass is 79.9. The zero-order valence-corrected chi connectivity index (χ0v) is 22.8. The average molecular weight is 572 g/mol. The molecule has 2 atom stereocenters. The van der Waals surface area contributed by atoms with Crippen LogP contribution in [-0.4, -0.2) is 66.2 Å². The number of hydrogen-bond donors (Lipinski definition) is 1. The van der Waals surface area contributed by atoms with E-state index in [-0.39, 0.29) is 30.4 Å². The van der Waals surface area contributed by atoms with E-state index < -0.39 is 21.3 Å². The highest BCUT2D eigenvalue weighted by Gasteiger charge is 2.33. The number of benzene rings is 2. The molecule has 0 aromatic heterocycles. The first-order chi connectivity index (χ1) is 16.2. The molecule has 1 saturated heterocycles. The Morgan fingerprint density at radius 1 is 1.14 bits per heavy atom. The van der Waals surface area contributed by atoms with E-state index in [1.807, 2.05) is 6.92 Å². The maximum absolute atomic E-state index is 13.2. The predicted molar refractivity (Wildman–Crippen MR) is 137 cm³/mol. The molecule has 2 aromatic rings. The highest BCUT2D eigenvalue weighted by Crippen LogP contribution is 2.35. The molecule has 2 aromatic carbocycles. The number of rotatable bonds is 8. The lowest BCUT2D eigenvalue weighted by Gasteiger charge is -2.44. The van der Waals surface area contributed by atoms with Gasteiger partial charge in [-0.1, -0.05) is 41.9 Å². The Hall–Kier alpha value is -2.01. The third kappa shape index (κ3) is 7.49. The zero-order chi connectivity index (χ0) is 26.0. The third-order valence-corrected chi connectivity index (χ3v) is 7.88. The lowest BCUT2D eigenvalue weighted by atomic mass is 9.86. The summed E-state index contributed by atoms with van der Waals surface area (Å²) in [6, 6.07) is 11.7. The molecule has 0 saturated carbocycles. The molecule has 7 nitrogen and oxygen atoms in total. The Morgan fingerprint density at radius 2 is 1.80 bits per heavy atom. The fraction of sp³-hybridized carbons (Fsp3) is 0.480. The van der Waals surface area contributed by atoms with E-state index in [2.05, 4.69) is 27.8 Å². The number of ether oxygens (including phenoxy) is 1. The maximum Gasteiger partial charge on any atom is 0.265 e. The van der Waals surface area contributed by atoms with Crippen molar-refractivity contribution in [1.29, 1.82) is 0 Å². The number of halogens is 2. The monoisotopic (exact) mass is 570 g/mol. The fourth-order valence-electron chi connectivity index (χ4n) is 4.50. The summed E-state index contributed by atoms with van der Waals surface area (Å²) in [6.45, 7) is 9.13. The number of amides is 1. The van der Waals surface area contributed by atoms with Crippen LogP contribution in [-0.2, 0) is 26.9 Å². The van der Waals surface area contributed by atoms with Gasteiger partial charge in [0.2, 0.25) is 0 Å². The van der Waals surface area contributed by atoms with Crippen molar-refractivity contribution in [2.45, 2.75) is 51.7 Å². The van der Waals surface area contributed by atoms with E-state index in [9.17, 15) is 22.2 Å². The minimum Gasteiger partial charge on any atom is -0.483 e. The van der Waals surface area contributed by atoms with Gasteiger partial charge in [0.1, 0.15) is 11.6 Å². The molecule has 1 aliphatic heterocycles. The SMILES string of the molecule is C[C@@H]1CN(Cc2ccc(F)cc2)[C@@H](C)CN1C(=O)COc1ccc(Br)cc1C(C)(C)CS(=O)(=O)O. The van der Waals surface area contributed by atoms with Gasteiger partial charge in [0, 0.05) is 47.2 Å². The summed E-state index contributed by atoms with van der Waals surface area (Å²) in [5.74, 6) is -0.510. The van der Waals surface area contributed by atoms with E-state index in [0.29, 0.717) is 30.9 Å². The maximum atomic E-state index is 13.2. The Morgan fingerprint density at radius 3 is 2.43 bits per heavy atom. The van der Waals surface area contributed by atoms with Crippen LogP contribution in [0, 0.1) is 5.82 Å². The molecule has 1 fully saturated rings. The fourth-order valence-corrected chi connectivity index (χ4v) is 5.93. The molecule has 0 bridgehead atoms. The molecule has 0 unspecified atom stereocenters. The first kappa shape index (κ1) is 27.6. The number of carbonyl (C=O) groups is 1. The van der Waals surface area contributed by atoms with Gasteiger partial charge in [0.05, 0.1) is 5.75 Å². The van der Waals surface area contributed by atoms with Crippen LogP contribution >= 0.6 is 15.9 Å². The molecule has 1 heterocycles. The van der Waals surface area contributed by atoms with Crippen molar-refractivity contribution in [2.75, 3.05) is 25.4 Å². The summed E-state index contributed by atoms with van der Waals surface area (Å²) in [5, 5.41) is 0. The van der Waals surface area contributed by atoms with Crippen LogP contribution in [0.15, 0.2) is 46.9 Å². The number of nitrogens with zero attached hydrogens (tertiary/aromatic N) is 2. The molecule has 1 aliphatic rings. The molecule has 1 N–H and O–H groups in total. The Balaban J connectivity index is 1.66. The van der Waals surface area contributed by atoms with Gasteiger partial charge in [-0.3, -0.25) is 14.2 Å². The minimum atomic E-state index is -4.22. The zero-order valence-electron chi connectivity index (χ0n) is 20.4. The molecule has 3 rings (SSSR count). The molecule has 0 aliphatic carbocycles. The quantitative estimate of drug-likeness (QED) is 0.477. The summed E-state index contributed by atoms with van der Waals surface area (Å²) in [4.78, 5) is 17.2. The smallest absolute Gasteiger partial charge is 0.265 e. The molecule has 0 radical (unpaired) electrons. The summed E-state index contributed by atoms with van der Waals surface area (Å²) < 4.78 is 52.3. The van der Waals surface area contributed by atoms with Gasteiger partial charge in [-0.15, -0.1) is 0 Å². The van der Waals surface area contributed by atoms with Crippen molar-refractivity contribution in [3.63, 3.8) is 0 Å². The van der Waals surface area contributed by atoms with E-state index in [1.54, 1.807) is 49.1 Å². The van der Waals surface area contributed by atoms with E-state index in [0.717, 1.165) is 10.0 Å². The van der Waals surface area contributed by atoms with Gasteiger partial charge in [-0.05, 0) is 49.7 Å². The molecule has 1 amide bonds. The van der Waals surface area contributed by atoms with Crippen LogP contribution in [0.4, 0.5) is 4.39 Å². The lowest BCUT2D eigenvalue weighted by Crippen LogP contribution is -2.58. The second-order valence-corrected chi connectivity index (χ2v) is 12.2. The standard InChI is InChI=1S/C25H32BrFN2O5S/c1-17-13-29(18(2)12-28(17)14-19-5-8-21(27)9-6-19)24(30)15-34-23-10-7-20(26)11-22(23)25(3,4)16-35(31,32)33/h5-11,17-18H,12-16H2,1-4H3,(H,31,32,33)/t17-,18+/m0/s1. The van der Waals surface area contributed by atoms with Crippen molar-refractivity contribution < 1.29 is 26.9 Å². The van der Waals surface area contributed by atoms with Crippen molar-refractivity contribution in [3.8, 4) is 5.75 Å². The first-order valence-corrected chi connectivity index (χ1v) is 13.8. The lowest BCUT2D eigenvalue weighted by molar-refractivity contribution is -0.139. The van der Waals surface area contributed by atoms with Crippen LogP contribution in [0.3, 0.4) is 0 Å². The summed E-state index contributed by atoms with van der Waals surface area (Å²) >= 11 is 3.39. The van der Waals surface area contributed by atoms with E-state index in [1.165, 1.54) is 12.1 Å². The largest absolute Gasteiger partial charge is 0.483 e. The van der Waals surface area contributed by atoms with Crippen molar-refractivity contribution in [3.05, 3.63) is 63.9 Å². The molecular formula is C25H32BrFN2O5S. The molecule has 0 spiro atoms. The van der Waals surface area contributed by atoms with Gasteiger partial charge in [-0.25, -0.2) is 4.39 Å². The third-order valence-electron chi connectivity index (χ3n) is 6.30. The Bertz CT molecular complexity index is 1160. The summed E-state index contributed by atoms with van der Waals surface area (Å²) in [6.07, 6.45) is 0. The molecule has 35 heavy (non-hydrogen) atoms. The highest BCUT2D eigenvalue weighted by molar-refractivity contribution is 9.10. The van der Waals surface area contributed by atoms with Crippen LogP contribution in [0.2, 0.25) is 0 Å². The minimum absolute atomic E-state index is 0.0388. The van der Waals surface area contributed by atoms with Crippen LogP contribution < -0.4 is 4.74 Å². The molecule has 192 valence electrons. The van der Waals surface area contributed by atoms with Gasteiger partial charge in [0.25, 0.3) is 16.0 Å². The second kappa shape index (κ2) is 10.9. The van der Waals surface area contributed by atoms with Gasteiger partial charge in [0.15, 0.2) is 6.61 Å². The molecular weight excluding hydrogens is 539 g/mol. The number of carbonyl (C=O) groups excluding carboxylic acids is 1. The van der Waals surface area contributed by atoms with Gasteiger partial charge < -0.3 is 9.64 Å². The van der Waals surface area contributed by atoms with Crippen LogP contribution in [0.25, 0.3) is 0 Å². The number of piperazine rings is 1. The summed E-state index contributed by atoms with van der Waals surface area (Å²) in [5.41, 5.74) is 0.649. The molecule has 10 heteroatoms. The Kier molecular flexibility index (Phi) is 8.62. The summed E-state index contributed by atoms with van der Waals surface area (Å²) in [7, 11) is -4.22. The van der Waals surface area contributed by atoms with Crippen LogP contribution in [0.5, 0.6) is 5.75 Å². The van der Waals surface area contributed by atoms with Gasteiger partial charge >= 0.3 is 0 Å². The van der Waals surface area contributed by atoms with Crippen molar-refractivity contribution in [1.82, 2.24) is 9.80 Å². The van der Waals surface area contributed by atoms with Crippen LogP contribution in [0.1, 0.15) is 38.8 Å². The topological polar surface area (TPSA) is 87.2 Å². The second-order valence-electron chi connectivity index (χ2n) is 9.84. The van der Waals surface area contributed by atoms with Gasteiger partial charge in [-0.2, -0.15) is 8.42 Å². The first-order valence-electron chi connectivity index (χ1n) is 11.4. The van der Waals surface area contributed by atoms with E-state index in [4.69, 9.17) is 4.74 Å². The van der Waals surface area contributed by atoms with Crippen molar-refractivity contribution >= 4 is 32.0 Å². The van der Waals surface area contributed by atoms with E-state index >= 15 is 0 Å². The Labute approximate surface area is 215 Å². The van der Waals surface area contributed by atoms with Crippen molar-refractivity contribution in [2.24, 2.45) is 0 Å². The normalized spacial score (nSPS) is 19.6. The number of hydrogen-bond acceptors (Lipinski definition) is 5. The average Bonchev–Trinajstić information content (AvgIpc) is 2.74.